The summed E-state index contributed by atoms with van der Waals surface area (Å²) in [6.45, 7) is 8.01. The van der Waals surface area contributed by atoms with Crippen LogP contribution in [0.25, 0.3) is 11.1 Å². The molecule has 168 valence electrons. The second-order valence-electron chi connectivity index (χ2n) is 9.88. The van der Waals surface area contributed by atoms with Crippen LogP contribution in [-0.2, 0) is 23.1 Å². The molecule has 0 amide bonds. The first-order valence-electron chi connectivity index (χ1n) is 11.3. The van der Waals surface area contributed by atoms with E-state index in [0.717, 1.165) is 24.4 Å². The summed E-state index contributed by atoms with van der Waals surface area (Å²) in [6.07, 6.45) is 6.47. The van der Waals surface area contributed by atoms with Crippen LogP contribution in [0.1, 0.15) is 37.5 Å². The fourth-order valence-corrected chi connectivity index (χ4v) is 4.98. The van der Waals surface area contributed by atoms with Gasteiger partial charge in [-0.2, -0.15) is 11.3 Å². The largest absolute Gasteiger partial charge is 0.475 e. The van der Waals surface area contributed by atoms with Crippen molar-refractivity contribution in [3.8, 4) is 11.1 Å². The fraction of sp³-hybridized carbons (Fsp3) is 0.286. The molecule has 2 aromatic carbocycles. The van der Waals surface area contributed by atoms with Gasteiger partial charge in [-0.1, -0.05) is 57.2 Å². The van der Waals surface area contributed by atoms with E-state index in [0.29, 0.717) is 6.61 Å². The van der Waals surface area contributed by atoms with Crippen molar-refractivity contribution in [1.29, 1.82) is 0 Å². The Morgan fingerprint density at radius 2 is 1.73 bits per heavy atom. The number of imidazole rings is 1. The van der Waals surface area contributed by atoms with Gasteiger partial charge in [-0.3, -0.25) is 0 Å². The zero-order chi connectivity index (χ0) is 22.9. The Morgan fingerprint density at radius 3 is 2.36 bits per heavy atom. The van der Waals surface area contributed by atoms with Crippen LogP contribution >= 0.6 is 11.3 Å². The summed E-state index contributed by atoms with van der Waals surface area (Å²) >= 11 is 1.71. The minimum absolute atomic E-state index is 0.143. The Hall–Kier alpha value is -3.18. The van der Waals surface area contributed by atoms with Crippen LogP contribution in [0.15, 0.2) is 89.1 Å². The van der Waals surface area contributed by atoms with E-state index < -0.39 is 0 Å². The van der Waals surface area contributed by atoms with Crippen LogP contribution in [0.3, 0.4) is 0 Å². The lowest BCUT2D eigenvalue weighted by molar-refractivity contribution is 0.233. The highest BCUT2D eigenvalue weighted by Crippen LogP contribution is 2.30. The van der Waals surface area contributed by atoms with Gasteiger partial charge in [0.05, 0.1) is 12.9 Å². The van der Waals surface area contributed by atoms with Crippen molar-refractivity contribution in [2.75, 3.05) is 6.61 Å². The number of hydrogen-bond donors (Lipinski definition) is 0. The van der Waals surface area contributed by atoms with E-state index in [2.05, 4.69) is 95.7 Å². The van der Waals surface area contributed by atoms with E-state index in [1.807, 2.05) is 18.7 Å². The predicted molar refractivity (Wildman–Crippen MR) is 136 cm³/mol. The molecule has 1 aliphatic rings. The summed E-state index contributed by atoms with van der Waals surface area (Å²) < 4.78 is 8.30. The van der Waals surface area contributed by atoms with Crippen molar-refractivity contribution in [3.63, 3.8) is 0 Å². The molecule has 0 saturated heterocycles. The molecule has 4 nitrogen and oxygen atoms in total. The SMILES string of the molecule is CC(C)(C)c1ccc(CC2(Cn3ccnc3)COC(c3ccc(-c4ccsc4)cc3)=N2)cc1. The minimum atomic E-state index is -0.370. The molecule has 4 aromatic rings. The van der Waals surface area contributed by atoms with Gasteiger partial charge in [0.2, 0.25) is 5.90 Å². The molecule has 33 heavy (non-hydrogen) atoms. The zero-order valence-electron chi connectivity index (χ0n) is 19.4. The Kier molecular flexibility index (Phi) is 5.67. The quantitative estimate of drug-likeness (QED) is 0.339. The molecular formula is C28H29N3OS. The van der Waals surface area contributed by atoms with E-state index >= 15 is 0 Å². The predicted octanol–water partition coefficient (Wildman–Crippen LogP) is 6.37. The molecule has 1 atom stereocenters. The van der Waals surface area contributed by atoms with Crippen molar-refractivity contribution < 1.29 is 4.74 Å². The molecule has 0 saturated carbocycles. The Bertz CT molecular complexity index is 1220. The number of aliphatic imine (C=N–C) groups is 1. The van der Waals surface area contributed by atoms with E-state index in [4.69, 9.17) is 9.73 Å². The van der Waals surface area contributed by atoms with Gasteiger partial charge in [-0.05, 0) is 56.6 Å². The smallest absolute Gasteiger partial charge is 0.216 e. The topological polar surface area (TPSA) is 39.4 Å². The Morgan fingerprint density at radius 1 is 0.970 bits per heavy atom. The van der Waals surface area contributed by atoms with Crippen molar-refractivity contribution >= 4 is 17.2 Å². The highest BCUT2D eigenvalue weighted by atomic mass is 32.1. The zero-order valence-corrected chi connectivity index (χ0v) is 20.2. The molecule has 3 heterocycles. The summed E-state index contributed by atoms with van der Waals surface area (Å²) in [7, 11) is 0. The molecule has 0 fully saturated rings. The lowest BCUT2D eigenvalue weighted by atomic mass is 9.85. The molecule has 0 N–H and O–H groups in total. The molecule has 0 aliphatic carbocycles. The number of ether oxygens (including phenoxy) is 1. The van der Waals surface area contributed by atoms with E-state index in [-0.39, 0.29) is 11.0 Å². The maximum Gasteiger partial charge on any atom is 0.216 e. The number of benzene rings is 2. The summed E-state index contributed by atoms with van der Waals surface area (Å²) in [4.78, 5) is 9.40. The minimum Gasteiger partial charge on any atom is -0.475 e. The van der Waals surface area contributed by atoms with Gasteiger partial charge in [0.15, 0.2) is 0 Å². The van der Waals surface area contributed by atoms with Crippen LogP contribution in [-0.4, -0.2) is 27.6 Å². The maximum absolute atomic E-state index is 6.20. The summed E-state index contributed by atoms with van der Waals surface area (Å²) in [5, 5.41) is 4.27. The molecule has 1 unspecified atom stereocenters. The van der Waals surface area contributed by atoms with Gasteiger partial charge in [0, 0.05) is 24.4 Å². The number of aromatic nitrogens is 2. The third kappa shape index (κ3) is 4.79. The summed E-state index contributed by atoms with van der Waals surface area (Å²) in [5.74, 6) is 0.721. The molecular weight excluding hydrogens is 426 g/mol. The van der Waals surface area contributed by atoms with E-state index in [1.54, 1.807) is 11.3 Å². The molecule has 0 bridgehead atoms. The van der Waals surface area contributed by atoms with Gasteiger partial charge in [0.1, 0.15) is 12.1 Å². The standard InChI is InChI=1S/C28H29N3OS/c1-27(2,3)25-10-4-21(5-11-25)16-28(18-31-14-13-29-20-31)19-32-26(30-28)23-8-6-22(7-9-23)24-12-15-33-17-24/h4-15,17,20H,16,18-19H2,1-3H3. The maximum atomic E-state index is 6.20. The lowest BCUT2D eigenvalue weighted by Gasteiger charge is -2.25. The van der Waals surface area contributed by atoms with Gasteiger partial charge in [-0.15, -0.1) is 0 Å². The number of nitrogens with zero attached hydrogens (tertiary/aromatic N) is 3. The second-order valence-corrected chi connectivity index (χ2v) is 10.7. The normalized spacial score (nSPS) is 18.2. The average molecular weight is 456 g/mol. The van der Waals surface area contributed by atoms with Crippen molar-refractivity contribution in [2.24, 2.45) is 4.99 Å². The number of thiophene rings is 1. The van der Waals surface area contributed by atoms with Gasteiger partial charge in [0.25, 0.3) is 0 Å². The van der Waals surface area contributed by atoms with Crippen molar-refractivity contribution in [3.05, 3.63) is 101 Å². The van der Waals surface area contributed by atoms with Crippen LogP contribution < -0.4 is 0 Å². The number of hydrogen-bond acceptors (Lipinski definition) is 4. The monoisotopic (exact) mass is 455 g/mol. The van der Waals surface area contributed by atoms with Crippen LogP contribution in [0.2, 0.25) is 0 Å². The third-order valence-corrected chi connectivity index (χ3v) is 6.88. The van der Waals surface area contributed by atoms with E-state index in [1.165, 1.54) is 22.3 Å². The first-order chi connectivity index (χ1) is 15.9. The van der Waals surface area contributed by atoms with Gasteiger partial charge < -0.3 is 9.30 Å². The highest BCUT2D eigenvalue weighted by Gasteiger charge is 2.38. The lowest BCUT2D eigenvalue weighted by Crippen LogP contribution is -2.36. The average Bonchev–Trinajstić information content (AvgIpc) is 3.57. The summed E-state index contributed by atoms with van der Waals surface area (Å²) in [5.41, 5.74) is 5.85. The molecule has 2 aromatic heterocycles. The van der Waals surface area contributed by atoms with Crippen LogP contribution in [0.4, 0.5) is 0 Å². The van der Waals surface area contributed by atoms with Crippen molar-refractivity contribution in [1.82, 2.24) is 9.55 Å². The molecule has 0 spiro atoms. The van der Waals surface area contributed by atoms with Crippen molar-refractivity contribution in [2.45, 2.75) is 44.7 Å². The molecule has 1 aliphatic heterocycles. The van der Waals surface area contributed by atoms with E-state index in [9.17, 15) is 0 Å². The van der Waals surface area contributed by atoms with Crippen LogP contribution in [0, 0.1) is 0 Å². The molecule has 5 rings (SSSR count). The Labute approximate surface area is 199 Å². The first-order valence-corrected chi connectivity index (χ1v) is 12.3. The first kappa shape index (κ1) is 21.7. The second kappa shape index (κ2) is 8.64. The molecule has 5 heteroatoms. The van der Waals surface area contributed by atoms with Gasteiger partial charge in [-0.25, -0.2) is 9.98 Å². The Balaban J connectivity index is 1.43. The number of rotatable bonds is 6. The van der Waals surface area contributed by atoms with Gasteiger partial charge >= 0.3 is 0 Å². The summed E-state index contributed by atoms with van der Waals surface area (Å²) in [6, 6.07) is 19.6. The third-order valence-electron chi connectivity index (χ3n) is 6.19. The highest BCUT2D eigenvalue weighted by molar-refractivity contribution is 7.08. The fourth-order valence-electron chi connectivity index (χ4n) is 4.31. The molecule has 0 radical (unpaired) electrons. The van der Waals surface area contributed by atoms with Crippen LogP contribution in [0.5, 0.6) is 0 Å².